The maximum absolute atomic E-state index is 2.44. The molecular weight excluding hydrogens is 264 g/mol. The molecule has 0 spiro atoms. The molecule has 2 fully saturated rings. The van der Waals surface area contributed by atoms with Crippen LogP contribution in [-0.2, 0) is 6.42 Å². The van der Waals surface area contributed by atoms with E-state index in [1.165, 1.54) is 68.9 Å². The maximum Gasteiger partial charge on any atom is -0.0248 e. The van der Waals surface area contributed by atoms with Gasteiger partial charge in [-0.15, -0.1) is 0 Å². The molecule has 0 N–H and O–H groups in total. The first-order valence-corrected chi connectivity index (χ1v) is 9.68. The lowest BCUT2D eigenvalue weighted by molar-refractivity contribution is 0.150. The van der Waals surface area contributed by atoms with Crippen LogP contribution >= 0.6 is 0 Å². The third-order valence-electron chi connectivity index (χ3n) is 6.84. The Morgan fingerprint density at radius 1 is 0.818 bits per heavy atom. The van der Waals surface area contributed by atoms with Gasteiger partial charge in [-0.05, 0) is 99.2 Å². The number of hydrogen-bond acceptors (Lipinski definition) is 0. The molecular formula is C22H34. The molecule has 2 aliphatic rings. The molecule has 0 amide bonds. The van der Waals surface area contributed by atoms with E-state index < -0.39 is 0 Å². The lowest BCUT2D eigenvalue weighted by Gasteiger charge is -2.37. The fraction of sp³-hybridized carbons (Fsp3) is 0.727. The van der Waals surface area contributed by atoms with Crippen LogP contribution in [0.2, 0.25) is 0 Å². The summed E-state index contributed by atoms with van der Waals surface area (Å²) in [6, 6.07) is 6.85. The summed E-state index contributed by atoms with van der Waals surface area (Å²) in [7, 11) is 0. The zero-order chi connectivity index (χ0) is 15.5. The minimum atomic E-state index is 0.944. The van der Waals surface area contributed by atoms with Gasteiger partial charge in [0.2, 0.25) is 0 Å². The maximum atomic E-state index is 2.44. The Bertz CT molecular complexity index is 471. The largest absolute Gasteiger partial charge is 0.0625 e. The van der Waals surface area contributed by atoms with E-state index in [2.05, 4.69) is 39.0 Å². The minimum absolute atomic E-state index is 0.944. The van der Waals surface area contributed by atoms with Crippen LogP contribution in [0.4, 0.5) is 0 Å². The summed E-state index contributed by atoms with van der Waals surface area (Å²) >= 11 is 0. The second-order valence-corrected chi connectivity index (χ2v) is 8.36. The van der Waals surface area contributed by atoms with Crippen LogP contribution in [-0.4, -0.2) is 0 Å². The molecule has 1 aromatic rings. The molecule has 22 heavy (non-hydrogen) atoms. The number of rotatable bonds is 3. The summed E-state index contributed by atoms with van der Waals surface area (Å²) in [4.78, 5) is 0. The summed E-state index contributed by atoms with van der Waals surface area (Å²) in [5.74, 6) is 4.07. The van der Waals surface area contributed by atoms with E-state index >= 15 is 0 Å². The Morgan fingerprint density at radius 2 is 1.41 bits per heavy atom. The van der Waals surface area contributed by atoms with Gasteiger partial charge in [0.1, 0.15) is 0 Å². The Morgan fingerprint density at radius 3 is 2.05 bits per heavy atom. The minimum Gasteiger partial charge on any atom is -0.0625 e. The van der Waals surface area contributed by atoms with Gasteiger partial charge in [-0.1, -0.05) is 38.0 Å². The third kappa shape index (κ3) is 3.76. The molecule has 0 heterocycles. The zero-order valence-corrected chi connectivity index (χ0v) is 14.9. The molecule has 2 aliphatic carbocycles. The van der Waals surface area contributed by atoms with Gasteiger partial charge in [0.25, 0.3) is 0 Å². The summed E-state index contributed by atoms with van der Waals surface area (Å²) in [6.45, 7) is 7.00. The van der Waals surface area contributed by atoms with E-state index in [1.54, 1.807) is 5.56 Å². The predicted molar refractivity (Wildman–Crippen MR) is 96.2 cm³/mol. The Hall–Kier alpha value is -0.780. The highest BCUT2D eigenvalue weighted by atomic mass is 14.4. The lowest BCUT2D eigenvalue weighted by atomic mass is 9.68. The van der Waals surface area contributed by atoms with Gasteiger partial charge < -0.3 is 0 Å². The molecule has 0 atom stereocenters. The van der Waals surface area contributed by atoms with E-state index in [4.69, 9.17) is 0 Å². The third-order valence-corrected chi connectivity index (χ3v) is 6.84. The van der Waals surface area contributed by atoms with Crippen LogP contribution in [0.25, 0.3) is 0 Å². The smallest absolute Gasteiger partial charge is 0.0248 e. The molecule has 2 saturated carbocycles. The van der Waals surface area contributed by atoms with Crippen molar-refractivity contribution >= 4 is 0 Å². The van der Waals surface area contributed by atoms with Crippen molar-refractivity contribution in [2.45, 2.75) is 78.6 Å². The standard InChI is InChI=1S/C22H34/c1-16-7-11-20(12-8-16)21-13-9-19(10-14-21)15-22-6-4-5-17(2)18(22)3/h4-6,16,19-21H,7-15H2,1-3H3. The van der Waals surface area contributed by atoms with Crippen molar-refractivity contribution in [3.63, 3.8) is 0 Å². The van der Waals surface area contributed by atoms with Crippen molar-refractivity contribution in [1.82, 2.24) is 0 Å². The van der Waals surface area contributed by atoms with Crippen LogP contribution in [0.15, 0.2) is 18.2 Å². The van der Waals surface area contributed by atoms with Gasteiger partial charge in [-0.3, -0.25) is 0 Å². The molecule has 0 bridgehead atoms. The zero-order valence-electron chi connectivity index (χ0n) is 14.9. The van der Waals surface area contributed by atoms with Crippen molar-refractivity contribution < 1.29 is 0 Å². The van der Waals surface area contributed by atoms with Crippen LogP contribution in [0.5, 0.6) is 0 Å². The quantitative estimate of drug-likeness (QED) is 0.599. The normalized spacial score (nSPS) is 32.9. The van der Waals surface area contributed by atoms with Crippen LogP contribution < -0.4 is 0 Å². The van der Waals surface area contributed by atoms with Gasteiger partial charge in [0.05, 0.1) is 0 Å². The molecule has 0 heteroatoms. The van der Waals surface area contributed by atoms with Crippen molar-refractivity contribution in [1.29, 1.82) is 0 Å². The van der Waals surface area contributed by atoms with Crippen LogP contribution in [0, 0.1) is 37.5 Å². The fourth-order valence-electron chi connectivity index (χ4n) is 4.97. The number of aryl methyl sites for hydroxylation is 1. The molecule has 0 saturated heterocycles. The first-order chi connectivity index (χ1) is 10.6. The first-order valence-electron chi connectivity index (χ1n) is 9.68. The molecule has 0 aromatic heterocycles. The number of benzene rings is 1. The van der Waals surface area contributed by atoms with Gasteiger partial charge in [-0.2, -0.15) is 0 Å². The summed E-state index contributed by atoms with van der Waals surface area (Å²) in [5.41, 5.74) is 4.60. The summed E-state index contributed by atoms with van der Waals surface area (Å²) in [5, 5.41) is 0. The Kier molecular flexibility index (Phi) is 5.26. The van der Waals surface area contributed by atoms with E-state index in [0.29, 0.717) is 0 Å². The SMILES string of the molecule is Cc1cccc(CC2CCC(C3CCC(C)CC3)CC2)c1C. The monoisotopic (exact) mass is 298 g/mol. The van der Waals surface area contributed by atoms with E-state index in [9.17, 15) is 0 Å². The van der Waals surface area contributed by atoms with Crippen molar-refractivity contribution in [3.05, 3.63) is 34.9 Å². The first kappa shape index (κ1) is 16.1. The summed E-state index contributed by atoms with van der Waals surface area (Å²) < 4.78 is 0. The van der Waals surface area contributed by atoms with Gasteiger partial charge in [0, 0.05) is 0 Å². The highest BCUT2D eigenvalue weighted by Crippen LogP contribution is 2.42. The Balaban J connectivity index is 1.50. The summed E-state index contributed by atoms with van der Waals surface area (Å²) in [6.07, 6.45) is 13.3. The molecule has 0 aliphatic heterocycles. The van der Waals surface area contributed by atoms with Gasteiger partial charge in [0.15, 0.2) is 0 Å². The second-order valence-electron chi connectivity index (χ2n) is 8.36. The lowest BCUT2D eigenvalue weighted by Crippen LogP contribution is -2.26. The topological polar surface area (TPSA) is 0 Å². The average molecular weight is 299 g/mol. The van der Waals surface area contributed by atoms with Crippen molar-refractivity contribution in [2.24, 2.45) is 23.7 Å². The molecule has 3 rings (SSSR count). The second kappa shape index (κ2) is 7.20. The van der Waals surface area contributed by atoms with Gasteiger partial charge >= 0.3 is 0 Å². The molecule has 122 valence electrons. The molecule has 0 nitrogen and oxygen atoms in total. The van der Waals surface area contributed by atoms with Crippen LogP contribution in [0.3, 0.4) is 0 Å². The highest BCUT2D eigenvalue weighted by molar-refractivity contribution is 5.33. The van der Waals surface area contributed by atoms with Crippen LogP contribution in [0.1, 0.15) is 75.0 Å². The number of hydrogen-bond donors (Lipinski definition) is 0. The average Bonchev–Trinajstić information content (AvgIpc) is 2.53. The van der Waals surface area contributed by atoms with Gasteiger partial charge in [-0.25, -0.2) is 0 Å². The van der Waals surface area contributed by atoms with E-state index in [-0.39, 0.29) is 0 Å². The fourth-order valence-corrected chi connectivity index (χ4v) is 4.97. The Labute approximate surface area is 137 Å². The molecule has 0 radical (unpaired) electrons. The van der Waals surface area contributed by atoms with Crippen molar-refractivity contribution in [2.75, 3.05) is 0 Å². The van der Waals surface area contributed by atoms with E-state index in [0.717, 1.165) is 23.7 Å². The molecule has 1 aromatic carbocycles. The van der Waals surface area contributed by atoms with Crippen molar-refractivity contribution in [3.8, 4) is 0 Å². The predicted octanol–water partition coefficient (Wildman–Crippen LogP) is 6.48. The van der Waals surface area contributed by atoms with E-state index in [1.807, 2.05) is 0 Å². The molecule has 0 unspecified atom stereocenters. The highest BCUT2D eigenvalue weighted by Gasteiger charge is 2.30.